The molecule has 0 radical (unpaired) electrons. The fraction of sp³-hybridized carbons (Fsp3) is 0.120. The predicted octanol–water partition coefficient (Wildman–Crippen LogP) is 4.09. The van der Waals surface area contributed by atoms with E-state index < -0.39 is 5.91 Å². The van der Waals surface area contributed by atoms with Crippen LogP contribution in [0.5, 0.6) is 5.75 Å². The summed E-state index contributed by atoms with van der Waals surface area (Å²) in [6, 6.07) is 19.1. The molecule has 1 amide bonds. The molecular formula is C25H22ClN7O2. The Kier molecular flexibility index (Phi) is 6.07. The highest BCUT2D eigenvalue weighted by Crippen LogP contribution is 2.31. The Morgan fingerprint density at radius 1 is 1.09 bits per heavy atom. The third-order valence-electron chi connectivity index (χ3n) is 5.65. The molecule has 176 valence electrons. The molecule has 9 nitrogen and oxygen atoms in total. The number of nitrogens with one attached hydrogen (secondary N) is 1. The molecule has 35 heavy (non-hydrogen) atoms. The van der Waals surface area contributed by atoms with Crippen molar-refractivity contribution in [1.82, 2.24) is 24.8 Å². The number of halogens is 1. The molecule has 0 aliphatic carbocycles. The number of aromatic nitrogens is 5. The lowest BCUT2D eigenvalue weighted by Crippen LogP contribution is -2.17. The summed E-state index contributed by atoms with van der Waals surface area (Å²) < 4.78 is 6.52. The Morgan fingerprint density at radius 3 is 2.57 bits per heavy atom. The summed E-state index contributed by atoms with van der Waals surface area (Å²) in [6.07, 6.45) is 3.46. The minimum atomic E-state index is -0.594. The molecule has 0 atom stereocenters. The number of aromatic amines is 1. The molecule has 5 aromatic rings. The fourth-order valence-corrected chi connectivity index (χ4v) is 4.12. The molecule has 3 N–H and O–H groups in total. The van der Waals surface area contributed by atoms with Gasteiger partial charge in [-0.1, -0.05) is 35.9 Å². The molecule has 0 spiro atoms. The van der Waals surface area contributed by atoms with E-state index in [4.69, 9.17) is 27.1 Å². The zero-order valence-corrected chi connectivity index (χ0v) is 19.6. The van der Waals surface area contributed by atoms with Crippen LogP contribution in [0.4, 0.5) is 5.82 Å². The van der Waals surface area contributed by atoms with Gasteiger partial charge in [-0.25, -0.2) is 9.50 Å². The summed E-state index contributed by atoms with van der Waals surface area (Å²) in [5.74, 6) is 1.10. The first kappa shape index (κ1) is 22.4. The zero-order valence-electron chi connectivity index (χ0n) is 18.9. The molecule has 0 fully saturated rings. The van der Waals surface area contributed by atoms with Gasteiger partial charge in [0, 0.05) is 42.0 Å². The zero-order chi connectivity index (χ0) is 24.4. The standard InChI is InChI=1S/C18H14ClN7O.C7H8O/c19-13-2-1-10-8-25(9-11(10)3-13)16-5-15(12-6-21-22-7-12)26-17(23-16)4-14(24-26)18(20)27;1-8-7-5-3-2-4-6-7/h1-7H,8-9H2,(H2,20,27)(H,21,22);2-6H,1H3. The van der Waals surface area contributed by atoms with Crippen LogP contribution in [0.3, 0.4) is 0 Å². The Bertz CT molecular complexity index is 1480. The Balaban J connectivity index is 0.000000271. The molecule has 0 saturated carbocycles. The number of methoxy groups -OCH3 is 1. The van der Waals surface area contributed by atoms with Gasteiger partial charge in [0.15, 0.2) is 11.3 Å². The third-order valence-corrected chi connectivity index (χ3v) is 5.89. The maximum atomic E-state index is 11.6. The van der Waals surface area contributed by atoms with Crippen LogP contribution in [0, 0.1) is 0 Å². The van der Waals surface area contributed by atoms with Gasteiger partial charge >= 0.3 is 0 Å². The van der Waals surface area contributed by atoms with E-state index in [1.807, 2.05) is 54.6 Å². The van der Waals surface area contributed by atoms with Crippen LogP contribution >= 0.6 is 11.6 Å². The topological polar surface area (TPSA) is 114 Å². The Hall–Kier alpha value is -4.37. The maximum Gasteiger partial charge on any atom is 0.269 e. The number of benzene rings is 2. The van der Waals surface area contributed by atoms with Gasteiger partial charge in [0.05, 0.1) is 19.0 Å². The van der Waals surface area contributed by atoms with Gasteiger partial charge in [-0.2, -0.15) is 10.2 Å². The molecule has 2 aromatic carbocycles. The first-order chi connectivity index (χ1) is 17.0. The van der Waals surface area contributed by atoms with Gasteiger partial charge in [0.2, 0.25) is 0 Å². The molecule has 3 aromatic heterocycles. The lowest BCUT2D eigenvalue weighted by atomic mass is 10.1. The molecule has 0 unspecified atom stereocenters. The Morgan fingerprint density at radius 2 is 1.89 bits per heavy atom. The van der Waals surface area contributed by atoms with E-state index in [0.29, 0.717) is 12.2 Å². The quantitative estimate of drug-likeness (QED) is 0.394. The lowest BCUT2D eigenvalue weighted by Gasteiger charge is -2.17. The van der Waals surface area contributed by atoms with Crippen molar-refractivity contribution < 1.29 is 9.53 Å². The second-order valence-electron chi connectivity index (χ2n) is 7.94. The van der Waals surface area contributed by atoms with Crippen LogP contribution in [0.1, 0.15) is 21.6 Å². The number of nitrogens with zero attached hydrogens (tertiary/aromatic N) is 5. The number of fused-ring (bicyclic) bond motifs is 2. The van der Waals surface area contributed by atoms with E-state index >= 15 is 0 Å². The van der Waals surface area contributed by atoms with Crippen LogP contribution in [-0.4, -0.2) is 37.8 Å². The van der Waals surface area contributed by atoms with E-state index in [2.05, 4.69) is 20.2 Å². The lowest BCUT2D eigenvalue weighted by molar-refractivity contribution is 0.0995. The summed E-state index contributed by atoms with van der Waals surface area (Å²) in [4.78, 5) is 18.4. The van der Waals surface area contributed by atoms with Gasteiger partial charge in [0.1, 0.15) is 11.6 Å². The molecule has 10 heteroatoms. The number of ether oxygens (including phenoxy) is 1. The number of carbonyl (C=O) groups excluding carboxylic acids is 1. The van der Waals surface area contributed by atoms with Gasteiger partial charge < -0.3 is 15.4 Å². The van der Waals surface area contributed by atoms with Crippen molar-refractivity contribution in [3.05, 3.63) is 94.9 Å². The first-order valence-corrected chi connectivity index (χ1v) is 11.2. The van der Waals surface area contributed by atoms with E-state index in [0.717, 1.165) is 34.4 Å². The van der Waals surface area contributed by atoms with Crippen LogP contribution < -0.4 is 15.4 Å². The summed E-state index contributed by atoms with van der Waals surface area (Å²) >= 11 is 6.12. The number of hydrogen-bond acceptors (Lipinski definition) is 6. The number of primary amides is 1. The van der Waals surface area contributed by atoms with Crippen molar-refractivity contribution >= 4 is 29.0 Å². The summed E-state index contributed by atoms with van der Waals surface area (Å²) in [5.41, 5.74) is 10.1. The number of anilines is 1. The minimum Gasteiger partial charge on any atom is -0.497 e. The number of amides is 1. The van der Waals surface area contributed by atoms with E-state index in [-0.39, 0.29) is 5.69 Å². The average molecular weight is 488 g/mol. The van der Waals surface area contributed by atoms with Crippen LogP contribution in [0.2, 0.25) is 5.02 Å². The fourth-order valence-electron chi connectivity index (χ4n) is 3.92. The number of rotatable bonds is 4. The SMILES string of the molecule is COc1ccccc1.NC(=O)c1cc2nc(N3Cc4ccc(Cl)cc4C3)cc(-c3cn[nH]c3)n2n1. The first-order valence-electron chi connectivity index (χ1n) is 10.8. The van der Waals surface area contributed by atoms with Gasteiger partial charge in [0.25, 0.3) is 5.91 Å². The van der Waals surface area contributed by atoms with Crippen molar-refractivity contribution in [3.63, 3.8) is 0 Å². The molecule has 0 bridgehead atoms. The molecule has 0 saturated heterocycles. The minimum absolute atomic E-state index is 0.167. The van der Waals surface area contributed by atoms with Gasteiger partial charge in [-0.3, -0.25) is 9.89 Å². The molecule has 4 heterocycles. The predicted molar refractivity (Wildman–Crippen MR) is 133 cm³/mol. The largest absolute Gasteiger partial charge is 0.497 e. The second kappa shape index (κ2) is 9.47. The Labute approximate surface area is 206 Å². The smallest absolute Gasteiger partial charge is 0.269 e. The second-order valence-corrected chi connectivity index (χ2v) is 8.37. The molecule has 1 aliphatic heterocycles. The number of H-pyrrole nitrogens is 1. The van der Waals surface area contributed by atoms with Crippen LogP contribution in [-0.2, 0) is 13.1 Å². The molecular weight excluding hydrogens is 466 g/mol. The highest BCUT2D eigenvalue weighted by molar-refractivity contribution is 6.30. The number of carbonyl (C=O) groups is 1. The van der Waals surface area contributed by atoms with E-state index in [1.54, 1.807) is 30.1 Å². The normalized spacial score (nSPS) is 12.2. The van der Waals surface area contributed by atoms with E-state index in [1.165, 1.54) is 11.1 Å². The van der Waals surface area contributed by atoms with Crippen molar-refractivity contribution in [1.29, 1.82) is 0 Å². The monoisotopic (exact) mass is 487 g/mol. The van der Waals surface area contributed by atoms with E-state index in [9.17, 15) is 4.79 Å². The third kappa shape index (κ3) is 4.67. The van der Waals surface area contributed by atoms with Crippen molar-refractivity contribution in [2.75, 3.05) is 12.0 Å². The highest BCUT2D eigenvalue weighted by Gasteiger charge is 2.23. The summed E-state index contributed by atoms with van der Waals surface area (Å²) in [5, 5.41) is 11.8. The number of para-hydroxylation sites is 1. The van der Waals surface area contributed by atoms with Crippen LogP contribution in [0.15, 0.2) is 73.1 Å². The van der Waals surface area contributed by atoms with Gasteiger partial charge in [-0.15, -0.1) is 0 Å². The van der Waals surface area contributed by atoms with Crippen molar-refractivity contribution in [3.8, 4) is 17.0 Å². The van der Waals surface area contributed by atoms with Crippen LogP contribution in [0.25, 0.3) is 16.9 Å². The summed E-state index contributed by atoms with van der Waals surface area (Å²) in [7, 11) is 1.66. The average Bonchev–Trinajstić information content (AvgIpc) is 3.63. The summed E-state index contributed by atoms with van der Waals surface area (Å²) in [6.45, 7) is 1.44. The molecule has 1 aliphatic rings. The van der Waals surface area contributed by atoms with Crippen molar-refractivity contribution in [2.45, 2.75) is 13.1 Å². The maximum absolute atomic E-state index is 11.6. The number of nitrogens with two attached hydrogens (primary N) is 1. The number of hydrogen-bond donors (Lipinski definition) is 2. The highest BCUT2D eigenvalue weighted by atomic mass is 35.5. The van der Waals surface area contributed by atoms with Gasteiger partial charge in [-0.05, 0) is 35.4 Å². The van der Waals surface area contributed by atoms with Crippen molar-refractivity contribution in [2.24, 2.45) is 5.73 Å². The molecule has 6 rings (SSSR count).